The van der Waals surface area contributed by atoms with Crippen LogP contribution < -0.4 is 18.9 Å². The minimum atomic E-state index is -0.772. The Hall–Kier alpha value is -4.59. The minimum Gasteiger partial charge on any atom is -0.496 e. The lowest BCUT2D eigenvalue weighted by atomic mass is 9.96. The van der Waals surface area contributed by atoms with E-state index >= 15 is 0 Å². The Morgan fingerprint density at radius 1 is 0.825 bits per heavy atom. The molecular formula is C30H31NO9. The van der Waals surface area contributed by atoms with Crippen LogP contribution in [0.1, 0.15) is 48.5 Å². The second-order valence-electron chi connectivity index (χ2n) is 8.64. The molecule has 10 nitrogen and oxygen atoms in total. The van der Waals surface area contributed by atoms with Gasteiger partial charge >= 0.3 is 11.9 Å². The molecule has 0 aromatic heterocycles. The number of methoxy groups -OCH3 is 3. The molecule has 0 unspecified atom stereocenters. The third kappa shape index (κ3) is 6.69. The van der Waals surface area contributed by atoms with E-state index < -0.39 is 11.9 Å². The van der Waals surface area contributed by atoms with E-state index in [0.717, 1.165) is 5.56 Å². The fourth-order valence-corrected chi connectivity index (χ4v) is 4.05. The molecule has 10 heteroatoms. The van der Waals surface area contributed by atoms with Crippen molar-refractivity contribution in [2.24, 2.45) is 0 Å². The van der Waals surface area contributed by atoms with Crippen LogP contribution in [0.4, 0.5) is 0 Å². The van der Waals surface area contributed by atoms with Crippen LogP contribution in [0.3, 0.4) is 0 Å². The molecule has 0 saturated carbocycles. The number of hydrogen-bond donors (Lipinski definition) is 0. The molecule has 0 aliphatic heterocycles. The van der Waals surface area contributed by atoms with Crippen LogP contribution in [0, 0.1) is 32.1 Å². The van der Waals surface area contributed by atoms with Crippen LogP contribution in [0.25, 0.3) is 0 Å². The van der Waals surface area contributed by atoms with E-state index in [0.29, 0.717) is 17.9 Å². The van der Waals surface area contributed by atoms with Gasteiger partial charge in [0.2, 0.25) is 0 Å². The monoisotopic (exact) mass is 549 g/mol. The summed E-state index contributed by atoms with van der Waals surface area (Å²) in [7, 11) is 4.22. The normalized spacial score (nSPS) is 10.4. The highest BCUT2D eigenvalue weighted by Crippen LogP contribution is 2.40. The number of nitriles is 1. The second-order valence-corrected chi connectivity index (χ2v) is 8.64. The van der Waals surface area contributed by atoms with Crippen molar-refractivity contribution in [3.8, 4) is 29.1 Å². The SMILES string of the molecule is COCOC(=O)c1c(C)c(C#N)c(OC(=O)c2c(C)cc(OCc3ccccc3)cc2OC)c(C)c1OCOC. The Morgan fingerprint density at radius 3 is 2.15 bits per heavy atom. The quantitative estimate of drug-likeness (QED) is 0.173. The zero-order chi connectivity index (χ0) is 29.2. The summed E-state index contributed by atoms with van der Waals surface area (Å²) in [6.45, 7) is 4.64. The highest BCUT2D eigenvalue weighted by atomic mass is 16.7. The van der Waals surface area contributed by atoms with Crippen molar-refractivity contribution in [3.63, 3.8) is 0 Å². The molecule has 0 saturated heterocycles. The third-order valence-corrected chi connectivity index (χ3v) is 5.97. The third-order valence-electron chi connectivity index (χ3n) is 5.97. The molecule has 0 atom stereocenters. The fourth-order valence-electron chi connectivity index (χ4n) is 4.05. The van der Waals surface area contributed by atoms with E-state index in [4.69, 9.17) is 33.2 Å². The van der Waals surface area contributed by atoms with Crippen LogP contribution in [0.2, 0.25) is 0 Å². The van der Waals surface area contributed by atoms with Gasteiger partial charge in [-0.3, -0.25) is 0 Å². The topological polar surface area (TPSA) is 123 Å². The molecule has 40 heavy (non-hydrogen) atoms. The van der Waals surface area contributed by atoms with Gasteiger partial charge in [-0.2, -0.15) is 5.26 Å². The van der Waals surface area contributed by atoms with E-state index in [1.165, 1.54) is 28.3 Å². The standard InChI is InChI=1S/C30H31NO9/c1-18-12-22(37-15-21-10-8-7-9-11-21)13-24(36-6)25(18)30(33)40-27-20(3)28(38-16-34-4)26(19(2)23(27)14-31)29(32)39-17-35-5/h7-13H,15-17H2,1-6H3. The first-order valence-corrected chi connectivity index (χ1v) is 12.2. The zero-order valence-electron chi connectivity index (χ0n) is 23.3. The van der Waals surface area contributed by atoms with E-state index in [2.05, 4.69) is 0 Å². The van der Waals surface area contributed by atoms with Gasteiger partial charge in [0.1, 0.15) is 41.1 Å². The molecule has 0 aliphatic carbocycles. The largest absolute Gasteiger partial charge is 0.496 e. The van der Waals surface area contributed by atoms with Crippen molar-refractivity contribution >= 4 is 11.9 Å². The molecule has 0 bridgehead atoms. The highest BCUT2D eigenvalue weighted by molar-refractivity contribution is 5.99. The molecule has 0 N–H and O–H groups in total. The van der Waals surface area contributed by atoms with Crippen LogP contribution in [0.5, 0.6) is 23.0 Å². The van der Waals surface area contributed by atoms with Gasteiger partial charge in [0.25, 0.3) is 0 Å². The molecule has 210 valence electrons. The predicted molar refractivity (Wildman–Crippen MR) is 144 cm³/mol. The lowest BCUT2D eigenvalue weighted by Crippen LogP contribution is -2.18. The molecule has 0 radical (unpaired) electrons. The number of ether oxygens (including phenoxy) is 7. The lowest BCUT2D eigenvalue weighted by molar-refractivity contribution is -0.0133. The molecule has 0 amide bonds. The summed E-state index contributed by atoms with van der Waals surface area (Å²) in [5.41, 5.74) is 2.08. The van der Waals surface area contributed by atoms with Gasteiger partial charge in [0.05, 0.1) is 12.7 Å². The first-order valence-electron chi connectivity index (χ1n) is 12.2. The fraction of sp³-hybridized carbons (Fsp3) is 0.300. The van der Waals surface area contributed by atoms with Crippen molar-refractivity contribution in [3.05, 3.63) is 81.4 Å². The summed E-state index contributed by atoms with van der Waals surface area (Å²) in [4.78, 5) is 26.3. The van der Waals surface area contributed by atoms with Crippen molar-refractivity contribution < 1.29 is 42.7 Å². The molecule has 3 aromatic carbocycles. The molecule has 0 fully saturated rings. The Kier molecular flexibility index (Phi) is 10.5. The molecule has 0 spiro atoms. The Labute approximate surface area is 232 Å². The van der Waals surface area contributed by atoms with Gasteiger partial charge in [-0.15, -0.1) is 0 Å². The number of carbonyl (C=O) groups is 2. The van der Waals surface area contributed by atoms with Crippen LogP contribution in [0.15, 0.2) is 42.5 Å². The van der Waals surface area contributed by atoms with Crippen molar-refractivity contribution in [1.29, 1.82) is 5.26 Å². The van der Waals surface area contributed by atoms with Crippen LogP contribution in [-0.2, 0) is 20.8 Å². The van der Waals surface area contributed by atoms with Crippen molar-refractivity contribution in [2.45, 2.75) is 27.4 Å². The van der Waals surface area contributed by atoms with Gasteiger partial charge in [-0.1, -0.05) is 30.3 Å². The lowest BCUT2D eigenvalue weighted by Gasteiger charge is -2.20. The zero-order valence-corrected chi connectivity index (χ0v) is 23.3. The van der Waals surface area contributed by atoms with E-state index in [9.17, 15) is 14.9 Å². The minimum absolute atomic E-state index is 0.00312. The van der Waals surface area contributed by atoms with Gasteiger partial charge < -0.3 is 33.2 Å². The highest BCUT2D eigenvalue weighted by Gasteiger charge is 2.30. The summed E-state index contributed by atoms with van der Waals surface area (Å²) in [6, 6.07) is 15.0. The van der Waals surface area contributed by atoms with Crippen molar-refractivity contribution in [1.82, 2.24) is 0 Å². The van der Waals surface area contributed by atoms with E-state index in [1.54, 1.807) is 26.0 Å². The van der Waals surface area contributed by atoms with E-state index in [1.807, 2.05) is 36.4 Å². The maximum atomic E-state index is 13.5. The second kappa shape index (κ2) is 14.0. The number of carbonyl (C=O) groups excluding carboxylic acids is 2. The molecule has 3 rings (SSSR count). The molecular weight excluding hydrogens is 518 g/mol. The number of hydrogen-bond acceptors (Lipinski definition) is 10. The first-order chi connectivity index (χ1) is 19.3. The van der Waals surface area contributed by atoms with Gasteiger partial charge in [0, 0.05) is 25.8 Å². The Balaban J connectivity index is 2.01. The number of nitrogens with zero attached hydrogens (tertiary/aromatic N) is 1. The van der Waals surface area contributed by atoms with Gasteiger partial charge in [-0.05, 0) is 43.5 Å². The van der Waals surface area contributed by atoms with E-state index in [-0.39, 0.29) is 58.7 Å². The smallest absolute Gasteiger partial charge is 0.347 e. The Bertz CT molecular complexity index is 1410. The average molecular weight is 550 g/mol. The number of benzene rings is 3. The Morgan fingerprint density at radius 2 is 1.52 bits per heavy atom. The maximum Gasteiger partial charge on any atom is 0.347 e. The summed E-state index contributed by atoms with van der Waals surface area (Å²) < 4.78 is 37.8. The number of esters is 2. The molecule has 0 aliphatic rings. The van der Waals surface area contributed by atoms with Gasteiger partial charge in [-0.25, -0.2) is 9.59 Å². The van der Waals surface area contributed by atoms with Gasteiger partial charge in [0.15, 0.2) is 19.3 Å². The summed E-state index contributed by atoms with van der Waals surface area (Å²) >= 11 is 0. The van der Waals surface area contributed by atoms with Crippen LogP contribution >= 0.6 is 0 Å². The molecule has 0 heterocycles. The number of aryl methyl sites for hydroxylation is 1. The average Bonchev–Trinajstić information content (AvgIpc) is 2.95. The van der Waals surface area contributed by atoms with Crippen LogP contribution in [-0.4, -0.2) is 46.9 Å². The maximum absolute atomic E-state index is 13.5. The van der Waals surface area contributed by atoms with Crippen molar-refractivity contribution in [2.75, 3.05) is 34.9 Å². The summed E-state index contributed by atoms with van der Waals surface area (Å²) in [5.74, 6) is -0.812. The first kappa shape index (κ1) is 30.0. The predicted octanol–water partition coefficient (Wildman–Crippen LogP) is 5.03. The summed E-state index contributed by atoms with van der Waals surface area (Å²) in [5, 5.41) is 9.98. The molecule has 3 aromatic rings. The summed E-state index contributed by atoms with van der Waals surface area (Å²) in [6.07, 6.45) is 0. The number of rotatable bonds is 12.